The van der Waals surface area contributed by atoms with Crippen molar-refractivity contribution in [2.75, 3.05) is 20.3 Å². The molecular weight excluding hydrogens is 192 g/mol. The molecule has 1 rings (SSSR count). The minimum absolute atomic E-state index is 0.629. The highest BCUT2D eigenvalue weighted by molar-refractivity contribution is 5.42. The molecule has 0 saturated heterocycles. The quantitative estimate of drug-likeness (QED) is 0.421. The topological polar surface area (TPSA) is 56.5 Å². The van der Waals surface area contributed by atoms with Crippen LogP contribution in [-0.2, 0) is 0 Å². The third-order valence-electron chi connectivity index (χ3n) is 2.04. The summed E-state index contributed by atoms with van der Waals surface area (Å²) in [6.45, 7) is 3.39. The van der Waals surface area contributed by atoms with Crippen molar-refractivity contribution in [2.45, 2.75) is 13.3 Å². The van der Waals surface area contributed by atoms with Crippen LogP contribution in [0.5, 0.6) is 11.5 Å². The average Bonchev–Trinajstić information content (AvgIpc) is 2.26. The monoisotopic (exact) mass is 210 g/mol. The van der Waals surface area contributed by atoms with Crippen molar-refractivity contribution in [3.8, 4) is 11.5 Å². The molecule has 0 heterocycles. The Morgan fingerprint density at radius 3 is 2.80 bits per heavy atom. The van der Waals surface area contributed by atoms with E-state index in [-0.39, 0.29) is 0 Å². The molecule has 0 radical (unpaired) electrons. The Morgan fingerprint density at radius 2 is 2.13 bits per heavy atom. The third kappa shape index (κ3) is 3.77. The lowest BCUT2D eigenvalue weighted by atomic mass is 10.2. The van der Waals surface area contributed by atoms with Gasteiger partial charge in [-0.2, -0.15) is 0 Å². The number of hydrazine groups is 1. The standard InChI is InChI=1S/C11H18N2O2/c1-9-4-5-10(11(8-9)14-2)15-7-3-6-13-12/h4-5,8,13H,3,6-7,12H2,1-2H3. The number of benzene rings is 1. The summed E-state index contributed by atoms with van der Waals surface area (Å²) in [5.74, 6) is 6.71. The number of nitrogens with two attached hydrogens (primary N) is 1. The van der Waals surface area contributed by atoms with Crippen LogP contribution in [0.3, 0.4) is 0 Å². The molecule has 0 aliphatic rings. The number of hydrogen-bond donors (Lipinski definition) is 2. The number of rotatable bonds is 6. The average molecular weight is 210 g/mol. The van der Waals surface area contributed by atoms with Gasteiger partial charge in [0, 0.05) is 6.54 Å². The lowest BCUT2D eigenvalue weighted by molar-refractivity contribution is 0.288. The van der Waals surface area contributed by atoms with Crippen molar-refractivity contribution in [3.05, 3.63) is 23.8 Å². The summed E-state index contributed by atoms with van der Waals surface area (Å²) in [5.41, 5.74) is 3.74. The predicted molar refractivity (Wildman–Crippen MR) is 60.0 cm³/mol. The van der Waals surface area contributed by atoms with E-state index in [0.717, 1.165) is 30.0 Å². The van der Waals surface area contributed by atoms with Gasteiger partial charge < -0.3 is 9.47 Å². The Kier molecular flexibility index (Phi) is 4.93. The smallest absolute Gasteiger partial charge is 0.161 e. The van der Waals surface area contributed by atoms with Crippen molar-refractivity contribution in [1.82, 2.24) is 5.43 Å². The summed E-state index contributed by atoms with van der Waals surface area (Å²) >= 11 is 0. The first-order valence-corrected chi connectivity index (χ1v) is 4.99. The van der Waals surface area contributed by atoms with E-state index >= 15 is 0 Å². The van der Waals surface area contributed by atoms with Crippen LogP contribution in [0.15, 0.2) is 18.2 Å². The molecule has 0 spiro atoms. The van der Waals surface area contributed by atoms with Gasteiger partial charge in [-0.05, 0) is 31.0 Å². The molecule has 1 aromatic rings. The number of ether oxygens (including phenoxy) is 2. The highest BCUT2D eigenvalue weighted by Crippen LogP contribution is 2.27. The molecule has 4 heteroatoms. The second-order valence-corrected chi connectivity index (χ2v) is 3.31. The summed E-state index contributed by atoms with van der Waals surface area (Å²) in [7, 11) is 1.64. The van der Waals surface area contributed by atoms with E-state index in [1.165, 1.54) is 0 Å². The van der Waals surface area contributed by atoms with Gasteiger partial charge in [-0.3, -0.25) is 11.3 Å². The van der Waals surface area contributed by atoms with Crippen molar-refractivity contribution in [3.63, 3.8) is 0 Å². The molecule has 0 fully saturated rings. The fraction of sp³-hybridized carbons (Fsp3) is 0.455. The van der Waals surface area contributed by atoms with Crippen LogP contribution >= 0.6 is 0 Å². The lowest BCUT2D eigenvalue weighted by Crippen LogP contribution is -2.24. The fourth-order valence-electron chi connectivity index (χ4n) is 1.25. The van der Waals surface area contributed by atoms with Gasteiger partial charge >= 0.3 is 0 Å². The van der Waals surface area contributed by atoms with Crippen molar-refractivity contribution < 1.29 is 9.47 Å². The Balaban J connectivity index is 2.52. The van der Waals surface area contributed by atoms with Gasteiger partial charge in [-0.25, -0.2) is 0 Å². The van der Waals surface area contributed by atoms with Crippen LogP contribution in [-0.4, -0.2) is 20.3 Å². The van der Waals surface area contributed by atoms with Crippen LogP contribution in [0.4, 0.5) is 0 Å². The molecule has 0 saturated carbocycles. The van der Waals surface area contributed by atoms with E-state index in [4.69, 9.17) is 15.3 Å². The van der Waals surface area contributed by atoms with Gasteiger partial charge in [0.15, 0.2) is 11.5 Å². The van der Waals surface area contributed by atoms with Gasteiger partial charge in [0.2, 0.25) is 0 Å². The first kappa shape index (κ1) is 11.8. The first-order valence-electron chi connectivity index (χ1n) is 4.99. The van der Waals surface area contributed by atoms with Crippen LogP contribution in [0.25, 0.3) is 0 Å². The molecule has 0 bridgehead atoms. The Morgan fingerprint density at radius 1 is 1.33 bits per heavy atom. The zero-order chi connectivity index (χ0) is 11.1. The lowest BCUT2D eigenvalue weighted by Gasteiger charge is -2.10. The van der Waals surface area contributed by atoms with E-state index in [2.05, 4.69) is 5.43 Å². The summed E-state index contributed by atoms with van der Waals surface area (Å²) in [4.78, 5) is 0. The molecule has 0 amide bonds. The van der Waals surface area contributed by atoms with Crippen LogP contribution in [0.1, 0.15) is 12.0 Å². The highest BCUT2D eigenvalue weighted by Gasteiger charge is 2.03. The molecule has 3 N–H and O–H groups in total. The van der Waals surface area contributed by atoms with Crippen molar-refractivity contribution in [2.24, 2.45) is 5.84 Å². The molecule has 15 heavy (non-hydrogen) atoms. The minimum Gasteiger partial charge on any atom is -0.493 e. The fourth-order valence-corrected chi connectivity index (χ4v) is 1.25. The van der Waals surface area contributed by atoms with Crippen molar-refractivity contribution >= 4 is 0 Å². The zero-order valence-corrected chi connectivity index (χ0v) is 9.25. The second-order valence-electron chi connectivity index (χ2n) is 3.31. The van der Waals surface area contributed by atoms with E-state index in [0.29, 0.717) is 6.61 Å². The number of nitrogens with one attached hydrogen (secondary N) is 1. The molecule has 0 unspecified atom stereocenters. The number of methoxy groups -OCH3 is 1. The largest absolute Gasteiger partial charge is 0.493 e. The Bertz CT molecular complexity index is 303. The summed E-state index contributed by atoms with van der Waals surface area (Å²) in [6.07, 6.45) is 0.869. The van der Waals surface area contributed by atoms with Gasteiger partial charge in [-0.15, -0.1) is 0 Å². The van der Waals surface area contributed by atoms with E-state index in [1.807, 2.05) is 25.1 Å². The van der Waals surface area contributed by atoms with Crippen LogP contribution < -0.4 is 20.7 Å². The third-order valence-corrected chi connectivity index (χ3v) is 2.04. The van der Waals surface area contributed by atoms with Gasteiger partial charge in [0.05, 0.1) is 13.7 Å². The maximum atomic E-state index is 5.56. The van der Waals surface area contributed by atoms with Gasteiger partial charge in [0.1, 0.15) is 0 Å². The van der Waals surface area contributed by atoms with Crippen LogP contribution in [0, 0.1) is 6.92 Å². The van der Waals surface area contributed by atoms with Gasteiger partial charge in [0.25, 0.3) is 0 Å². The summed E-state index contributed by atoms with van der Waals surface area (Å²) in [6, 6.07) is 5.87. The number of aryl methyl sites for hydroxylation is 1. The first-order chi connectivity index (χ1) is 7.27. The molecule has 0 aliphatic heterocycles. The number of hydrogen-bond acceptors (Lipinski definition) is 4. The normalized spacial score (nSPS) is 10.1. The summed E-state index contributed by atoms with van der Waals surface area (Å²) < 4.78 is 10.8. The molecule has 84 valence electrons. The Labute approximate surface area is 90.3 Å². The van der Waals surface area contributed by atoms with E-state index in [1.54, 1.807) is 7.11 Å². The Hall–Kier alpha value is -1.26. The highest BCUT2D eigenvalue weighted by atomic mass is 16.5. The molecular formula is C11H18N2O2. The minimum atomic E-state index is 0.629. The van der Waals surface area contributed by atoms with Crippen molar-refractivity contribution in [1.29, 1.82) is 0 Å². The summed E-state index contributed by atoms with van der Waals surface area (Å²) in [5, 5.41) is 0. The molecule has 0 atom stereocenters. The van der Waals surface area contributed by atoms with E-state index < -0.39 is 0 Å². The SMILES string of the molecule is COc1cc(C)ccc1OCCCNN. The maximum Gasteiger partial charge on any atom is 0.161 e. The molecule has 4 nitrogen and oxygen atoms in total. The van der Waals surface area contributed by atoms with E-state index in [9.17, 15) is 0 Å². The van der Waals surface area contributed by atoms with Gasteiger partial charge in [-0.1, -0.05) is 6.07 Å². The van der Waals surface area contributed by atoms with Crippen LogP contribution in [0.2, 0.25) is 0 Å². The maximum absolute atomic E-state index is 5.56. The predicted octanol–water partition coefficient (Wildman–Crippen LogP) is 1.24. The molecule has 0 aromatic heterocycles. The second kappa shape index (κ2) is 6.27. The molecule has 1 aromatic carbocycles. The zero-order valence-electron chi connectivity index (χ0n) is 9.25. The molecule has 0 aliphatic carbocycles.